The number of hydrogen-bond donors (Lipinski definition) is 2. The molecule has 21 heavy (non-hydrogen) atoms. The van der Waals surface area contributed by atoms with Gasteiger partial charge in [-0.1, -0.05) is 25.5 Å². The van der Waals surface area contributed by atoms with Gasteiger partial charge in [0.15, 0.2) is 0 Å². The second kappa shape index (κ2) is 6.18. The normalized spacial score (nSPS) is 28.6. The number of anilines is 1. The molecule has 114 valence electrons. The van der Waals surface area contributed by atoms with E-state index in [4.69, 9.17) is 0 Å². The van der Waals surface area contributed by atoms with Gasteiger partial charge >= 0.3 is 0 Å². The lowest BCUT2D eigenvalue weighted by Gasteiger charge is -2.21. The smallest absolute Gasteiger partial charge is 0.227 e. The molecule has 2 aliphatic rings. The van der Waals surface area contributed by atoms with Gasteiger partial charge in [0.2, 0.25) is 5.91 Å². The van der Waals surface area contributed by atoms with E-state index in [1.807, 2.05) is 12.1 Å². The zero-order chi connectivity index (χ0) is 14.8. The molecule has 0 radical (unpaired) electrons. The molecule has 3 heteroatoms. The lowest BCUT2D eigenvalue weighted by molar-refractivity contribution is -0.121. The quantitative estimate of drug-likeness (QED) is 0.866. The van der Waals surface area contributed by atoms with Gasteiger partial charge < -0.3 is 10.6 Å². The van der Waals surface area contributed by atoms with E-state index in [9.17, 15) is 4.79 Å². The van der Waals surface area contributed by atoms with Gasteiger partial charge in [-0.05, 0) is 62.3 Å². The summed E-state index contributed by atoms with van der Waals surface area (Å²) in [5, 5.41) is 6.51. The first kappa shape index (κ1) is 14.6. The second-order valence-corrected chi connectivity index (χ2v) is 6.67. The average Bonchev–Trinajstić information content (AvgIpc) is 3.11. The molecule has 4 atom stereocenters. The first-order chi connectivity index (χ1) is 10.2. The maximum absolute atomic E-state index is 12.4. The van der Waals surface area contributed by atoms with Crippen LogP contribution in [-0.4, -0.2) is 12.5 Å². The van der Waals surface area contributed by atoms with Gasteiger partial charge in [0, 0.05) is 17.6 Å². The van der Waals surface area contributed by atoms with Crippen LogP contribution in [0.5, 0.6) is 0 Å². The molecule has 1 amide bonds. The Bertz CT molecular complexity index is 496. The Kier molecular flexibility index (Phi) is 4.29. The number of fused-ring (bicyclic) bond motifs is 2. The first-order valence-corrected chi connectivity index (χ1v) is 8.31. The monoisotopic (exact) mass is 286 g/mol. The Morgan fingerprint density at radius 1 is 1.24 bits per heavy atom. The van der Waals surface area contributed by atoms with Crippen molar-refractivity contribution in [2.75, 3.05) is 11.9 Å². The van der Waals surface area contributed by atoms with Crippen LogP contribution in [0.2, 0.25) is 0 Å². The van der Waals surface area contributed by atoms with Gasteiger partial charge in [-0.3, -0.25) is 4.79 Å². The van der Waals surface area contributed by atoms with Crippen molar-refractivity contribution in [3.8, 4) is 0 Å². The number of benzene rings is 1. The van der Waals surface area contributed by atoms with Gasteiger partial charge in [-0.15, -0.1) is 0 Å². The van der Waals surface area contributed by atoms with Crippen LogP contribution in [-0.2, 0) is 4.79 Å². The Hall–Kier alpha value is -1.35. The molecule has 3 rings (SSSR count). The van der Waals surface area contributed by atoms with Crippen LogP contribution >= 0.6 is 0 Å². The zero-order valence-electron chi connectivity index (χ0n) is 13.1. The number of carbonyl (C=O) groups is 1. The van der Waals surface area contributed by atoms with Gasteiger partial charge in [-0.2, -0.15) is 0 Å². The number of carbonyl (C=O) groups excluding carboxylic acids is 1. The van der Waals surface area contributed by atoms with Gasteiger partial charge in [0.1, 0.15) is 0 Å². The van der Waals surface area contributed by atoms with Crippen LogP contribution in [0.25, 0.3) is 0 Å². The zero-order valence-corrected chi connectivity index (χ0v) is 13.1. The summed E-state index contributed by atoms with van der Waals surface area (Å²) in [5.74, 6) is 1.94. The summed E-state index contributed by atoms with van der Waals surface area (Å²) < 4.78 is 0. The molecule has 0 saturated heterocycles. The topological polar surface area (TPSA) is 41.1 Å². The first-order valence-electron chi connectivity index (χ1n) is 8.31. The largest absolute Gasteiger partial charge is 0.326 e. The van der Waals surface area contributed by atoms with Gasteiger partial charge in [0.05, 0.1) is 0 Å². The fraction of sp³-hybridized carbons (Fsp3) is 0.611. The van der Waals surface area contributed by atoms with Crippen LogP contribution in [0.3, 0.4) is 0 Å². The average molecular weight is 286 g/mol. The lowest BCUT2D eigenvalue weighted by Crippen LogP contribution is -2.27. The molecule has 1 aromatic rings. The van der Waals surface area contributed by atoms with E-state index < -0.39 is 0 Å². The lowest BCUT2D eigenvalue weighted by atomic mass is 9.88. The van der Waals surface area contributed by atoms with Crippen LogP contribution in [0, 0.1) is 17.8 Å². The summed E-state index contributed by atoms with van der Waals surface area (Å²) in [6, 6.07) is 8.60. The molecule has 4 unspecified atom stereocenters. The highest BCUT2D eigenvalue weighted by Crippen LogP contribution is 2.48. The van der Waals surface area contributed by atoms with Crippen molar-refractivity contribution in [3.05, 3.63) is 29.8 Å². The highest BCUT2D eigenvalue weighted by Gasteiger charge is 2.42. The van der Waals surface area contributed by atoms with Crippen molar-refractivity contribution in [1.29, 1.82) is 0 Å². The highest BCUT2D eigenvalue weighted by molar-refractivity contribution is 5.93. The standard InChI is InChI=1S/C18H26N2O/c1-3-19-12(2)14-6-8-16(9-7-14)20-18(21)17-11-13-4-5-15(17)10-13/h6-9,12-13,15,17,19H,3-5,10-11H2,1-2H3,(H,20,21). The third-order valence-electron chi connectivity index (χ3n) is 5.26. The summed E-state index contributed by atoms with van der Waals surface area (Å²) in [4.78, 5) is 12.4. The predicted octanol–water partition coefficient (Wildman–Crippen LogP) is 3.73. The van der Waals surface area contributed by atoms with Gasteiger partial charge in [-0.25, -0.2) is 0 Å². The molecular formula is C18H26N2O. The van der Waals surface area contributed by atoms with E-state index in [1.54, 1.807) is 0 Å². The number of hydrogen-bond acceptors (Lipinski definition) is 2. The van der Waals surface area contributed by atoms with Crippen LogP contribution in [0.1, 0.15) is 51.1 Å². The maximum Gasteiger partial charge on any atom is 0.227 e. The second-order valence-electron chi connectivity index (χ2n) is 6.67. The van der Waals surface area contributed by atoms with E-state index in [1.165, 1.54) is 24.8 Å². The molecular weight excluding hydrogens is 260 g/mol. The van der Waals surface area contributed by atoms with E-state index in [2.05, 4.69) is 36.6 Å². The van der Waals surface area contributed by atoms with Crippen LogP contribution in [0.15, 0.2) is 24.3 Å². The SMILES string of the molecule is CCNC(C)c1ccc(NC(=O)C2CC3CCC2C3)cc1. The molecule has 0 aromatic heterocycles. The Balaban J connectivity index is 1.59. The summed E-state index contributed by atoms with van der Waals surface area (Å²) in [5.41, 5.74) is 2.19. The molecule has 2 N–H and O–H groups in total. The van der Waals surface area contributed by atoms with Crippen LogP contribution in [0.4, 0.5) is 5.69 Å². The predicted molar refractivity (Wildman–Crippen MR) is 86.1 cm³/mol. The molecule has 2 fully saturated rings. The molecule has 0 aliphatic heterocycles. The summed E-state index contributed by atoms with van der Waals surface area (Å²) >= 11 is 0. The Labute approximate surface area is 127 Å². The van der Waals surface area contributed by atoms with Crippen molar-refractivity contribution < 1.29 is 4.79 Å². The fourth-order valence-electron chi connectivity index (χ4n) is 4.08. The third-order valence-corrected chi connectivity index (χ3v) is 5.26. The maximum atomic E-state index is 12.4. The highest BCUT2D eigenvalue weighted by atomic mass is 16.1. The Morgan fingerprint density at radius 3 is 2.57 bits per heavy atom. The summed E-state index contributed by atoms with van der Waals surface area (Å²) in [6.07, 6.45) is 4.97. The number of rotatable bonds is 5. The summed E-state index contributed by atoms with van der Waals surface area (Å²) in [7, 11) is 0. The van der Waals surface area contributed by atoms with Crippen molar-refractivity contribution in [2.45, 2.75) is 45.6 Å². The molecule has 2 aliphatic carbocycles. The molecule has 0 heterocycles. The molecule has 1 aromatic carbocycles. The molecule has 2 saturated carbocycles. The van der Waals surface area contributed by atoms with Crippen molar-refractivity contribution in [1.82, 2.24) is 5.32 Å². The third kappa shape index (κ3) is 3.13. The Morgan fingerprint density at radius 2 is 2.00 bits per heavy atom. The van der Waals surface area contributed by atoms with Crippen molar-refractivity contribution in [2.24, 2.45) is 17.8 Å². The number of amides is 1. The van der Waals surface area contributed by atoms with Crippen molar-refractivity contribution in [3.63, 3.8) is 0 Å². The van der Waals surface area contributed by atoms with E-state index in [0.29, 0.717) is 12.0 Å². The van der Waals surface area contributed by atoms with Crippen molar-refractivity contribution >= 4 is 11.6 Å². The van der Waals surface area contributed by atoms with E-state index >= 15 is 0 Å². The minimum absolute atomic E-state index is 0.231. The van der Waals surface area contributed by atoms with E-state index in [-0.39, 0.29) is 11.8 Å². The number of nitrogens with one attached hydrogen (secondary N) is 2. The summed E-state index contributed by atoms with van der Waals surface area (Å²) in [6.45, 7) is 5.23. The minimum Gasteiger partial charge on any atom is -0.326 e. The van der Waals surface area contributed by atoms with Gasteiger partial charge in [0.25, 0.3) is 0 Å². The molecule has 0 spiro atoms. The van der Waals surface area contributed by atoms with Crippen LogP contribution < -0.4 is 10.6 Å². The molecule has 2 bridgehead atoms. The fourth-order valence-corrected chi connectivity index (χ4v) is 4.08. The minimum atomic E-state index is 0.231. The van der Waals surface area contributed by atoms with E-state index in [0.717, 1.165) is 24.6 Å². The molecule has 3 nitrogen and oxygen atoms in total.